The van der Waals surface area contributed by atoms with E-state index in [1.165, 1.54) is 12.7 Å². The van der Waals surface area contributed by atoms with Gasteiger partial charge in [0.2, 0.25) is 5.88 Å². The molecule has 1 fully saturated rings. The van der Waals surface area contributed by atoms with E-state index in [1.54, 1.807) is 6.20 Å². The highest BCUT2D eigenvalue weighted by atomic mass is 16.5. The van der Waals surface area contributed by atoms with Gasteiger partial charge in [0.25, 0.3) is 0 Å². The number of aromatic nitrogens is 2. The molecule has 2 heterocycles. The number of hydrogen-bond donors (Lipinski definition) is 1. The average molecular weight is 193 g/mol. The summed E-state index contributed by atoms with van der Waals surface area (Å²) >= 11 is 0. The maximum Gasteiger partial charge on any atom is 0.219 e. The summed E-state index contributed by atoms with van der Waals surface area (Å²) in [5.41, 5.74) is 0.998. The molecule has 4 heteroatoms. The zero-order chi connectivity index (χ0) is 9.80. The maximum absolute atomic E-state index is 5.77. The van der Waals surface area contributed by atoms with Crippen molar-refractivity contribution in [2.45, 2.75) is 25.9 Å². The third-order valence-electron chi connectivity index (χ3n) is 2.38. The van der Waals surface area contributed by atoms with Crippen LogP contribution in [0.4, 0.5) is 0 Å². The molecule has 76 valence electrons. The minimum Gasteiger partial charge on any atom is -0.473 e. The van der Waals surface area contributed by atoms with Gasteiger partial charge in [-0.2, -0.15) is 0 Å². The van der Waals surface area contributed by atoms with Crippen LogP contribution < -0.4 is 10.1 Å². The van der Waals surface area contributed by atoms with Crippen LogP contribution in [0.15, 0.2) is 12.5 Å². The number of nitrogens with zero attached hydrogens (tertiary/aromatic N) is 2. The first-order valence-electron chi connectivity index (χ1n) is 5.00. The molecule has 1 saturated heterocycles. The van der Waals surface area contributed by atoms with E-state index in [-0.39, 0.29) is 6.10 Å². The van der Waals surface area contributed by atoms with Crippen molar-refractivity contribution in [2.75, 3.05) is 13.1 Å². The Morgan fingerprint density at radius 1 is 1.57 bits per heavy atom. The van der Waals surface area contributed by atoms with Gasteiger partial charge in [-0.15, -0.1) is 0 Å². The number of aryl methyl sites for hydroxylation is 1. The van der Waals surface area contributed by atoms with Crippen LogP contribution in [-0.4, -0.2) is 29.2 Å². The molecule has 1 aromatic rings. The summed E-state index contributed by atoms with van der Waals surface area (Å²) in [7, 11) is 0. The molecule has 14 heavy (non-hydrogen) atoms. The minimum absolute atomic E-state index is 0.261. The Morgan fingerprint density at radius 2 is 2.50 bits per heavy atom. The highest BCUT2D eigenvalue weighted by molar-refractivity contribution is 5.20. The summed E-state index contributed by atoms with van der Waals surface area (Å²) in [6.07, 6.45) is 5.85. The zero-order valence-electron chi connectivity index (χ0n) is 8.36. The number of nitrogens with one attached hydrogen (secondary N) is 1. The first-order valence-corrected chi connectivity index (χ1v) is 5.00. The molecule has 0 spiro atoms. The second kappa shape index (κ2) is 4.37. The summed E-state index contributed by atoms with van der Waals surface area (Å²) in [6.45, 7) is 3.98. The van der Waals surface area contributed by atoms with E-state index in [2.05, 4.69) is 15.3 Å². The summed E-state index contributed by atoms with van der Waals surface area (Å²) in [5.74, 6) is 0.716. The normalized spacial score (nSPS) is 21.9. The van der Waals surface area contributed by atoms with Gasteiger partial charge in [-0.1, -0.05) is 0 Å². The Labute approximate surface area is 83.7 Å². The van der Waals surface area contributed by atoms with E-state index in [0.29, 0.717) is 5.88 Å². The topological polar surface area (TPSA) is 47.0 Å². The molecule has 1 N–H and O–H groups in total. The molecule has 0 unspecified atom stereocenters. The van der Waals surface area contributed by atoms with E-state index in [1.807, 2.05) is 6.92 Å². The average Bonchev–Trinajstić information content (AvgIpc) is 2.23. The highest BCUT2D eigenvalue weighted by Crippen LogP contribution is 2.15. The van der Waals surface area contributed by atoms with Crippen LogP contribution in [0.3, 0.4) is 0 Å². The maximum atomic E-state index is 5.77. The van der Waals surface area contributed by atoms with Crippen LogP contribution in [0, 0.1) is 6.92 Å². The molecule has 0 radical (unpaired) electrons. The quantitative estimate of drug-likeness (QED) is 0.758. The Balaban J connectivity index is 1.99. The van der Waals surface area contributed by atoms with Crippen molar-refractivity contribution in [3.8, 4) is 5.88 Å². The first kappa shape index (κ1) is 9.40. The minimum atomic E-state index is 0.261. The number of hydrogen-bond acceptors (Lipinski definition) is 4. The van der Waals surface area contributed by atoms with Crippen LogP contribution in [0.25, 0.3) is 0 Å². The second-order valence-corrected chi connectivity index (χ2v) is 3.60. The van der Waals surface area contributed by atoms with Crippen LogP contribution >= 0.6 is 0 Å². The molecule has 0 saturated carbocycles. The van der Waals surface area contributed by atoms with Gasteiger partial charge >= 0.3 is 0 Å². The second-order valence-electron chi connectivity index (χ2n) is 3.60. The molecule has 0 aromatic carbocycles. The van der Waals surface area contributed by atoms with E-state index >= 15 is 0 Å². The smallest absolute Gasteiger partial charge is 0.219 e. The fraction of sp³-hybridized carbons (Fsp3) is 0.600. The van der Waals surface area contributed by atoms with Crippen molar-refractivity contribution in [1.82, 2.24) is 15.3 Å². The molecule has 1 atom stereocenters. The molecule has 0 bridgehead atoms. The lowest BCUT2D eigenvalue weighted by Crippen LogP contribution is -2.37. The Hall–Kier alpha value is -1.16. The summed E-state index contributed by atoms with van der Waals surface area (Å²) < 4.78 is 5.77. The van der Waals surface area contributed by atoms with Gasteiger partial charge in [-0.05, 0) is 26.3 Å². The van der Waals surface area contributed by atoms with Gasteiger partial charge in [0.15, 0.2) is 0 Å². The summed E-state index contributed by atoms with van der Waals surface area (Å²) in [4.78, 5) is 8.04. The first-order chi connectivity index (χ1) is 6.86. The SMILES string of the molecule is Cc1cncnc1O[C@H]1CCCNC1. The van der Waals surface area contributed by atoms with Crippen LogP contribution in [0.2, 0.25) is 0 Å². The zero-order valence-corrected chi connectivity index (χ0v) is 8.36. The predicted octanol–water partition coefficient (Wildman–Crippen LogP) is 0.916. The van der Waals surface area contributed by atoms with Crippen LogP contribution in [0.5, 0.6) is 5.88 Å². The third kappa shape index (κ3) is 2.20. The lowest BCUT2D eigenvalue weighted by Gasteiger charge is -2.23. The van der Waals surface area contributed by atoms with Gasteiger partial charge in [0, 0.05) is 18.3 Å². The van der Waals surface area contributed by atoms with Crippen LogP contribution in [0.1, 0.15) is 18.4 Å². The van der Waals surface area contributed by atoms with Gasteiger partial charge in [0.1, 0.15) is 12.4 Å². The molecular weight excluding hydrogens is 178 g/mol. The van der Waals surface area contributed by atoms with E-state index in [0.717, 1.165) is 25.1 Å². The van der Waals surface area contributed by atoms with Gasteiger partial charge < -0.3 is 10.1 Å². The van der Waals surface area contributed by atoms with Crippen molar-refractivity contribution in [3.63, 3.8) is 0 Å². The van der Waals surface area contributed by atoms with Gasteiger partial charge in [-0.3, -0.25) is 0 Å². The highest BCUT2D eigenvalue weighted by Gasteiger charge is 2.15. The standard InChI is InChI=1S/C10H15N3O/c1-8-5-12-7-13-10(8)14-9-3-2-4-11-6-9/h5,7,9,11H,2-4,6H2,1H3/t9-/m0/s1. The fourth-order valence-corrected chi connectivity index (χ4v) is 1.59. The Morgan fingerprint density at radius 3 is 3.21 bits per heavy atom. The monoisotopic (exact) mass is 193 g/mol. The predicted molar refractivity (Wildman–Crippen MR) is 53.3 cm³/mol. The van der Waals surface area contributed by atoms with Crippen molar-refractivity contribution in [3.05, 3.63) is 18.1 Å². The lowest BCUT2D eigenvalue weighted by molar-refractivity contribution is 0.159. The Kier molecular flexibility index (Phi) is 2.93. The van der Waals surface area contributed by atoms with Gasteiger partial charge in [0.05, 0.1) is 0 Å². The molecule has 1 aliphatic rings. The molecule has 1 aromatic heterocycles. The van der Waals surface area contributed by atoms with Gasteiger partial charge in [-0.25, -0.2) is 9.97 Å². The van der Waals surface area contributed by atoms with Crippen molar-refractivity contribution >= 4 is 0 Å². The number of rotatable bonds is 2. The summed E-state index contributed by atoms with van der Waals surface area (Å²) in [6, 6.07) is 0. The molecule has 2 rings (SSSR count). The summed E-state index contributed by atoms with van der Waals surface area (Å²) in [5, 5.41) is 3.31. The van der Waals surface area contributed by atoms with Crippen molar-refractivity contribution in [1.29, 1.82) is 0 Å². The molecule has 1 aliphatic heterocycles. The van der Waals surface area contributed by atoms with Crippen LogP contribution in [-0.2, 0) is 0 Å². The third-order valence-corrected chi connectivity index (χ3v) is 2.38. The van der Waals surface area contributed by atoms with Crippen molar-refractivity contribution < 1.29 is 4.74 Å². The molecule has 0 amide bonds. The number of piperidine rings is 1. The van der Waals surface area contributed by atoms with E-state index in [9.17, 15) is 0 Å². The van der Waals surface area contributed by atoms with E-state index in [4.69, 9.17) is 4.74 Å². The number of ether oxygens (including phenoxy) is 1. The molecule has 0 aliphatic carbocycles. The molecule has 4 nitrogen and oxygen atoms in total. The Bertz CT molecular complexity index is 297. The largest absolute Gasteiger partial charge is 0.473 e. The van der Waals surface area contributed by atoms with E-state index < -0.39 is 0 Å². The molecular formula is C10H15N3O. The van der Waals surface area contributed by atoms with Crippen molar-refractivity contribution in [2.24, 2.45) is 0 Å². The fourth-order valence-electron chi connectivity index (χ4n) is 1.59. The lowest BCUT2D eigenvalue weighted by atomic mass is 10.1.